The number of oxazole rings is 1. The third-order valence-corrected chi connectivity index (χ3v) is 13.4. The Morgan fingerprint density at radius 1 is 0.343 bits per heavy atom. The second-order valence-corrected chi connectivity index (χ2v) is 17.3. The van der Waals surface area contributed by atoms with Crippen molar-refractivity contribution < 1.29 is 4.42 Å². The number of aromatic amines is 2. The van der Waals surface area contributed by atoms with E-state index in [0.29, 0.717) is 11.5 Å². The lowest BCUT2D eigenvalue weighted by molar-refractivity contribution is 0.620. The zero-order valence-corrected chi connectivity index (χ0v) is 36.0. The lowest BCUT2D eigenvalue weighted by atomic mass is 9.92. The third kappa shape index (κ3) is 6.00. The van der Waals surface area contributed by atoms with E-state index in [9.17, 15) is 0 Å². The molecule has 67 heavy (non-hydrogen) atoms. The second-order valence-electron chi connectivity index (χ2n) is 17.3. The molecule has 6 heteroatoms. The summed E-state index contributed by atoms with van der Waals surface area (Å²) in [6.45, 7) is 0. The summed E-state index contributed by atoms with van der Waals surface area (Å²) in [6.07, 6.45) is 8.54. The SMILES string of the molecule is C1=Cc2nc1c(-c1ccccc1)c1ccc([nH]1)c(-c1ccccc1)c1nc(c(-c3ccc4oc(-c5ccc6ccc7cccc8ccc5c6c78)nc4c3)c3ccc([nH]3)c2-c2ccccc2)C=C1. The van der Waals surface area contributed by atoms with Crippen LogP contribution in [0.1, 0.15) is 22.8 Å². The molecule has 2 aliphatic rings. The van der Waals surface area contributed by atoms with Crippen LogP contribution in [-0.4, -0.2) is 24.9 Å². The van der Waals surface area contributed by atoms with E-state index in [1.165, 1.54) is 26.9 Å². The smallest absolute Gasteiger partial charge is 0.227 e. The van der Waals surface area contributed by atoms with Gasteiger partial charge >= 0.3 is 0 Å². The molecule has 12 aromatic rings. The Morgan fingerprint density at radius 2 is 0.791 bits per heavy atom. The van der Waals surface area contributed by atoms with E-state index >= 15 is 0 Å². The third-order valence-electron chi connectivity index (χ3n) is 13.4. The largest absolute Gasteiger partial charge is 0.436 e. The maximum absolute atomic E-state index is 6.63. The van der Waals surface area contributed by atoms with Crippen molar-refractivity contribution in [3.05, 3.63) is 211 Å². The number of benzene rings is 8. The Labute approximate surface area is 384 Å². The van der Waals surface area contributed by atoms with Gasteiger partial charge in [0.2, 0.25) is 5.89 Å². The maximum Gasteiger partial charge on any atom is 0.227 e. The second kappa shape index (κ2) is 14.7. The van der Waals surface area contributed by atoms with Crippen molar-refractivity contribution in [2.75, 3.05) is 0 Å². The lowest BCUT2D eigenvalue weighted by Gasteiger charge is -2.12. The molecule has 0 radical (unpaired) electrons. The molecule has 0 aliphatic carbocycles. The van der Waals surface area contributed by atoms with Crippen LogP contribution in [0.25, 0.3) is 146 Å². The fraction of sp³-hybridized carbons (Fsp3) is 0. The van der Waals surface area contributed by atoms with Crippen LogP contribution in [-0.2, 0) is 0 Å². The predicted octanol–water partition coefficient (Wildman–Crippen LogP) is 16.0. The first-order chi connectivity index (χ1) is 33.2. The summed E-state index contributed by atoms with van der Waals surface area (Å²) >= 11 is 0. The van der Waals surface area contributed by atoms with Gasteiger partial charge in [0.15, 0.2) is 5.58 Å². The molecule has 6 nitrogen and oxygen atoms in total. The predicted molar refractivity (Wildman–Crippen MR) is 277 cm³/mol. The Bertz CT molecular complexity index is 4140. The van der Waals surface area contributed by atoms with E-state index in [-0.39, 0.29) is 0 Å². The fourth-order valence-corrected chi connectivity index (χ4v) is 10.4. The molecule has 312 valence electrons. The Kier molecular flexibility index (Phi) is 8.18. The highest BCUT2D eigenvalue weighted by Gasteiger charge is 2.21. The van der Waals surface area contributed by atoms with Crippen LogP contribution in [0.2, 0.25) is 0 Å². The minimum Gasteiger partial charge on any atom is -0.436 e. The Morgan fingerprint density at radius 3 is 1.30 bits per heavy atom. The summed E-state index contributed by atoms with van der Waals surface area (Å²) in [5.74, 6) is 0.590. The van der Waals surface area contributed by atoms with Gasteiger partial charge in [-0.2, -0.15) is 0 Å². The molecule has 4 aromatic heterocycles. The average molecular weight is 856 g/mol. The van der Waals surface area contributed by atoms with Crippen LogP contribution in [0.5, 0.6) is 0 Å². The Hall–Kier alpha value is -9.13. The van der Waals surface area contributed by atoms with E-state index in [0.717, 1.165) is 106 Å². The topological polar surface area (TPSA) is 83.4 Å². The van der Waals surface area contributed by atoms with Gasteiger partial charge in [-0.15, -0.1) is 0 Å². The standard InChI is InChI=1S/C61H37N5O/c1-4-11-36(12-5-1)57-45-26-28-47(62-45)58(37-13-6-2-7-14-37)49-30-32-51(64-49)60(52-33-31-50(65-52)59(38-15-8-3-9-16-38)48-29-27-46(57)63-48)42-23-34-54-53(35-42)66-61(67-54)44-25-22-41-20-19-39-17-10-18-40-21-24-43(44)56(41)55(39)40/h1-35,62,65H. The highest BCUT2D eigenvalue weighted by Crippen LogP contribution is 2.42. The Balaban J connectivity index is 1.04. The first-order valence-corrected chi connectivity index (χ1v) is 22.6. The van der Waals surface area contributed by atoms with Crippen molar-refractivity contribution in [2.45, 2.75) is 0 Å². The quantitative estimate of drug-likeness (QED) is 0.169. The van der Waals surface area contributed by atoms with Gasteiger partial charge in [-0.3, -0.25) is 0 Å². The number of hydrogen-bond acceptors (Lipinski definition) is 4. The molecular formula is C61H37N5O. The van der Waals surface area contributed by atoms with Gasteiger partial charge in [-0.25, -0.2) is 15.0 Å². The summed E-state index contributed by atoms with van der Waals surface area (Å²) in [7, 11) is 0. The van der Waals surface area contributed by atoms with Gasteiger partial charge < -0.3 is 14.4 Å². The van der Waals surface area contributed by atoms with Gasteiger partial charge in [0.25, 0.3) is 0 Å². The van der Waals surface area contributed by atoms with Gasteiger partial charge in [0, 0.05) is 49.9 Å². The monoisotopic (exact) mass is 855 g/mol. The van der Waals surface area contributed by atoms with E-state index in [2.05, 4.69) is 216 Å². The van der Waals surface area contributed by atoms with E-state index in [1.54, 1.807) is 0 Å². The van der Waals surface area contributed by atoms with Gasteiger partial charge in [-0.05, 0) is 121 Å². The zero-order valence-electron chi connectivity index (χ0n) is 36.0. The molecule has 0 saturated heterocycles. The van der Waals surface area contributed by atoms with Crippen LogP contribution in [0.4, 0.5) is 0 Å². The zero-order chi connectivity index (χ0) is 44.0. The van der Waals surface area contributed by atoms with Crippen LogP contribution >= 0.6 is 0 Å². The number of nitrogens with zero attached hydrogens (tertiary/aromatic N) is 3. The van der Waals surface area contributed by atoms with E-state index in [4.69, 9.17) is 19.4 Å². The highest BCUT2D eigenvalue weighted by atomic mass is 16.3. The molecule has 8 bridgehead atoms. The first-order valence-electron chi connectivity index (χ1n) is 22.6. The van der Waals surface area contributed by atoms with Crippen molar-refractivity contribution in [1.82, 2.24) is 24.9 Å². The molecule has 14 rings (SSSR count). The van der Waals surface area contributed by atoms with Crippen molar-refractivity contribution in [3.8, 4) is 56.0 Å². The summed E-state index contributed by atoms with van der Waals surface area (Å²) in [5, 5.41) is 7.27. The molecule has 0 fully saturated rings. The minimum absolute atomic E-state index is 0.590. The summed E-state index contributed by atoms with van der Waals surface area (Å²) < 4.78 is 6.63. The summed E-state index contributed by atoms with van der Waals surface area (Å²) in [5.41, 5.74) is 17.8. The number of fused-ring (bicyclic) bond motifs is 9. The van der Waals surface area contributed by atoms with Crippen LogP contribution in [0, 0.1) is 0 Å². The van der Waals surface area contributed by atoms with Crippen LogP contribution < -0.4 is 0 Å². The molecule has 0 amide bonds. The molecule has 2 N–H and O–H groups in total. The number of rotatable bonds is 5. The van der Waals surface area contributed by atoms with E-state index < -0.39 is 0 Å². The van der Waals surface area contributed by atoms with Gasteiger partial charge in [0.05, 0.1) is 22.8 Å². The molecule has 0 unspecified atom stereocenters. The lowest BCUT2D eigenvalue weighted by Crippen LogP contribution is -1.89. The number of H-pyrrole nitrogens is 2. The molecule has 2 aliphatic heterocycles. The number of hydrogen-bond donors (Lipinski definition) is 2. The average Bonchev–Trinajstić information content (AvgIpc) is 4.26. The molecule has 0 atom stereocenters. The fourth-order valence-electron chi connectivity index (χ4n) is 10.4. The molecule has 6 heterocycles. The summed E-state index contributed by atoms with van der Waals surface area (Å²) in [6, 6.07) is 66.1. The van der Waals surface area contributed by atoms with Crippen molar-refractivity contribution >= 4 is 89.8 Å². The maximum atomic E-state index is 6.63. The van der Waals surface area contributed by atoms with Crippen molar-refractivity contribution in [2.24, 2.45) is 0 Å². The number of aromatic nitrogens is 5. The molecular weight excluding hydrogens is 819 g/mol. The first kappa shape index (κ1) is 37.3. The number of nitrogens with one attached hydrogen (secondary N) is 2. The van der Waals surface area contributed by atoms with Gasteiger partial charge in [-0.1, -0.05) is 146 Å². The highest BCUT2D eigenvalue weighted by molar-refractivity contribution is 6.25. The normalized spacial score (nSPS) is 12.4. The van der Waals surface area contributed by atoms with Gasteiger partial charge in [0.1, 0.15) is 5.52 Å². The summed E-state index contributed by atoms with van der Waals surface area (Å²) in [4.78, 5) is 23.9. The molecule has 0 spiro atoms. The molecule has 8 aromatic carbocycles. The molecule has 0 saturated carbocycles. The van der Waals surface area contributed by atoms with Crippen molar-refractivity contribution in [3.63, 3.8) is 0 Å². The van der Waals surface area contributed by atoms with Crippen LogP contribution in [0.3, 0.4) is 0 Å². The van der Waals surface area contributed by atoms with E-state index in [1.807, 2.05) is 6.07 Å². The van der Waals surface area contributed by atoms with Crippen LogP contribution in [0.15, 0.2) is 192 Å². The van der Waals surface area contributed by atoms with Crippen molar-refractivity contribution in [1.29, 1.82) is 0 Å². The minimum atomic E-state index is 0.590.